The minimum atomic E-state index is 0.121. The second-order valence-electron chi connectivity index (χ2n) is 6.87. The quantitative estimate of drug-likeness (QED) is 0.744. The lowest BCUT2D eigenvalue weighted by Gasteiger charge is -2.23. The van der Waals surface area contributed by atoms with Gasteiger partial charge in [-0.2, -0.15) is 0 Å². The molecule has 23 heavy (non-hydrogen) atoms. The van der Waals surface area contributed by atoms with Crippen LogP contribution in [0.3, 0.4) is 0 Å². The average molecular weight is 323 g/mol. The Hall–Kier alpha value is -0.900. The lowest BCUT2D eigenvalue weighted by Crippen LogP contribution is -2.32. The molecule has 3 nitrogen and oxygen atoms in total. The highest BCUT2D eigenvalue weighted by Crippen LogP contribution is 2.07. The molecule has 0 atom stereocenters. The second kappa shape index (κ2) is 13.5. The molecule has 0 spiro atoms. The molecule has 0 aliphatic heterocycles. The van der Waals surface area contributed by atoms with E-state index >= 15 is 0 Å². The predicted molar refractivity (Wildman–Crippen MR) is 102 cm³/mol. The van der Waals surface area contributed by atoms with E-state index in [-0.39, 0.29) is 6.61 Å². The number of aliphatic hydroxyl groups excluding tert-OH is 1. The molecule has 1 N–H and O–H groups in total. The van der Waals surface area contributed by atoms with Crippen molar-refractivity contribution in [3.8, 4) is 0 Å². The van der Waals surface area contributed by atoms with Crippen molar-refractivity contribution in [2.45, 2.75) is 53.7 Å². The van der Waals surface area contributed by atoms with Gasteiger partial charge in [0.2, 0.25) is 0 Å². The Balaban J connectivity index is 0.00000108. The normalized spacial score (nSPS) is 11.0. The van der Waals surface area contributed by atoms with Gasteiger partial charge in [0, 0.05) is 26.2 Å². The van der Waals surface area contributed by atoms with Crippen LogP contribution in [-0.2, 0) is 13.2 Å². The van der Waals surface area contributed by atoms with Crippen LogP contribution in [-0.4, -0.2) is 48.6 Å². The van der Waals surface area contributed by atoms with Crippen molar-refractivity contribution in [3.05, 3.63) is 35.4 Å². The molecule has 1 aromatic rings. The summed E-state index contributed by atoms with van der Waals surface area (Å²) in [6.07, 6.45) is 2.64. The fraction of sp³-hybridized carbons (Fsp3) is 0.700. The maximum Gasteiger partial charge on any atom is 0.0681 e. The van der Waals surface area contributed by atoms with Crippen LogP contribution >= 0.6 is 0 Å². The van der Waals surface area contributed by atoms with Crippen LogP contribution in [0.5, 0.6) is 0 Å². The van der Waals surface area contributed by atoms with Gasteiger partial charge >= 0.3 is 0 Å². The maximum atomic E-state index is 9.01. The molecule has 1 aromatic carbocycles. The van der Waals surface area contributed by atoms with Gasteiger partial charge < -0.3 is 14.9 Å². The first-order valence-electron chi connectivity index (χ1n) is 8.98. The zero-order chi connectivity index (χ0) is 17.7. The van der Waals surface area contributed by atoms with Gasteiger partial charge in [-0.15, -0.1) is 0 Å². The van der Waals surface area contributed by atoms with Crippen molar-refractivity contribution in [1.82, 2.24) is 9.80 Å². The molecule has 0 radical (unpaired) electrons. The molecule has 0 heterocycles. The Morgan fingerprint density at radius 3 is 1.78 bits per heavy atom. The highest BCUT2D eigenvalue weighted by Gasteiger charge is 2.05. The number of unbranched alkanes of at least 4 members (excludes halogenated alkanes) is 1. The minimum absolute atomic E-state index is 0.121. The molecule has 0 aliphatic carbocycles. The number of nitrogens with zero attached hydrogens (tertiary/aromatic N) is 2. The van der Waals surface area contributed by atoms with E-state index in [1.165, 1.54) is 18.4 Å². The molecular weight excluding hydrogens is 284 g/mol. The van der Waals surface area contributed by atoms with E-state index in [9.17, 15) is 0 Å². The summed E-state index contributed by atoms with van der Waals surface area (Å²) in [6, 6.07) is 8.18. The van der Waals surface area contributed by atoms with E-state index in [0.717, 1.165) is 37.7 Å². The van der Waals surface area contributed by atoms with Crippen LogP contribution in [0.25, 0.3) is 0 Å². The van der Waals surface area contributed by atoms with Gasteiger partial charge in [-0.3, -0.25) is 0 Å². The van der Waals surface area contributed by atoms with Gasteiger partial charge in [0.1, 0.15) is 0 Å². The Bertz CT molecular complexity index is 374. The summed E-state index contributed by atoms with van der Waals surface area (Å²) in [5, 5.41) is 9.01. The Morgan fingerprint density at radius 1 is 0.870 bits per heavy atom. The molecule has 0 saturated heterocycles. The van der Waals surface area contributed by atoms with Crippen LogP contribution < -0.4 is 0 Å². The number of likely N-dealkylation sites (N-methyl/N-ethyl adjacent to an activating group) is 2. The van der Waals surface area contributed by atoms with Crippen molar-refractivity contribution in [1.29, 1.82) is 0 Å². The van der Waals surface area contributed by atoms with Crippen LogP contribution in [0.15, 0.2) is 24.3 Å². The topological polar surface area (TPSA) is 26.7 Å². The molecule has 134 valence electrons. The van der Waals surface area contributed by atoms with Crippen LogP contribution in [0.4, 0.5) is 0 Å². The molecule has 0 bridgehead atoms. The number of hydrogen-bond acceptors (Lipinski definition) is 3. The summed E-state index contributed by atoms with van der Waals surface area (Å²) in [5.41, 5.74) is 2.27. The minimum Gasteiger partial charge on any atom is -0.392 e. The molecule has 0 aliphatic rings. The van der Waals surface area contributed by atoms with Gasteiger partial charge in [-0.25, -0.2) is 0 Å². The fourth-order valence-electron chi connectivity index (χ4n) is 2.20. The highest BCUT2D eigenvalue weighted by molar-refractivity contribution is 5.21. The first-order chi connectivity index (χ1) is 10.9. The molecule has 0 amide bonds. The van der Waals surface area contributed by atoms with Crippen LogP contribution in [0, 0.1) is 5.92 Å². The molecule has 0 saturated carbocycles. The standard InChI is InChI=1S/C16H28N2O.C4H10/c1-14(2)11-17(3)9-10-18(4)12-15-5-7-16(13-19)8-6-15;1-3-4-2/h5-8,14,19H,9-13H2,1-4H3;3-4H2,1-2H3. The van der Waals surface area contributed by atoms with E-state index in [1.54, 1.807) is 0 Å². The first-order valence-corrected chi connectivity index (χ1v) is 8.98. The summed E-state index contributed by atoms with van der Waals surface area (Å²) < 4.78 is 0. The van der Waals surface area contributed by atoms with Crippen molar-refractivity contribution in [2.24, 2.45) is 5.92 Å². The lowest BCUT2D eigenvalue weighted by atomic mass is 10.1. The largest absolute Gasteiger partial charge is 0.392 e. The Kier molecular flexibility index (Phi) is 13.0. The monoisotopic (exact) mass is 322 g/mol. The number of rotatable bonds is 9. The lowest BCUT2D eigenvalue weighted by molar-refractivity contribution is 0.235. The summed E-state index contributed by atoms with van der Waals surface area (Å²) in [6.45, 7) is 13.3. The van der Waals surface area contributed by atoms with Gasteiger partial charge in [0.05, 0.1) is 6.61 Å². The molecule has 0 unspecified atom stereocenters. The fourth-order valence-corrected chi connectivity index (χ4v) is 2.20. The van der Waals surface area contributed by atoms with Gasteiger partial charge in [-0.1, -0.05) is 64.8 Å². The molecule has 0 aromatic heterocycles. The third kappa shape index (κ3) is 12.2. The van der Waals surface area contributed by atoms with Crippen molar-refractivity contribution in [2.75, 3.05) is 33.7 Å². The molecular formula is C20H38N2O. The molecule has 1 rings (SSSR count). The first kappa shape index (κ1) is 22.1. The van der Waals surface area contributed by atoms with E-state index in [2.05, 4.69) is 63.7 Å². The van der Waals surface area contributed by atoms with Crippen molar-refractivity contribution in [3.63, 3.8) is 0 Å². The SMILES string of the molecule is CC(C)CN(C)CCN(C)Cc1ccc(CO)cc1.CCCC. The number of aliphatic hydroxyl groups is 1. The number of hydrogen-bond donors (Lipinski definition) is 1. The summed E-state index contributed by atoms with van der Waals surface area (Å²) in [7, 11) is 4.34. The Labute approximate surface area is 144 Å². The van der Waals surface area contributed by atoms with Crippen molar-refractivity contribution < 1.29 is 5.11 Å². The maximum absolute atomic E-state index is 9.01. The zero-order valence-electron chi connectivity index (χ0n) is 16.2. The van der Waals surface area contributed by atoms with E-state index in [4.69, 9.17) is 5.11 Å². The Morgan fingerprint density at radius 2 is 1.35 bits per heavy atom. The average Bonchev–Trinajstić information content (AvgIpc) is 2.53. The number of benzene rings is 1. The van der Waals surface area contributed by atoms with Crippen LogP contribution in [0.1, 0.15) is 51.7 Å². The van der Waals surface area contributed by atoms with E-state index < -0.39 is 0 Å². The third-order valence-electron chi connectivity index (χ3n) is 3.70. The molecule has 3 heteroatoms. The predicted octanol–water partition coefficient (Wildman–Crippen LogP) is 4.00. The van der Waals surface area contributed by atoms with Crippen LogP contribution in [0.2, 0.25) is 0 Å². The summed E-state index contributed by atoms with van der Waals surface area (Å²) in [4.78, 5) is 4.72. The second-order valence-corrected chi connectivity index (χ2v) is 6.87. The summed E-state index contributed by atoms with van der Waals surface area (Å²) >= 11 is 0. The highest BCUT2D eigenvalue weighted by atomic mass is 16.3. The van der Waals surface area contributed by atoms with Crippen molar-refractivity contribution >= 4 is 0 Å². The van der Waals surface area contributed by atoms with Gasteiger partial charge in [0.15, 0.2) is 0 Å². The van der Waals surface area contributed by atoms with E-state index in [0.29, 0.717) is 0 Å². The zero-order valence-corrected chi connectivity index (χ0v) is 16.2. The smallest absolute Gasteiger partial charge is 0.0681 e. The van der Waals surface area contributed by atoms with Gasteiger partial charge in [-0.05, 0) is 31.1 Å². The third-order valence-corrected chi connectivity index (χ3v) is 3.70. The van der Waals surface area contributed by atoms with Gasteiger partial charge in [0.25, 0.3) is 0 Å². The van der Waals surface area contributed by atoms with E-state index in [1.807, 2.05) is 12.1 Å². The summed E-state index contributed by atoms with van der Waals surface area (Å²) in [5.74, 6) is 0.723. The molecule has 0 fully saturated rings.